The molecule has 1 atom stereocenters. The molecule has 0 radical (unpaired) electrons. The van der Waals surface area contributed by atoms with Gasteiger partial charge in [-0.3, -0.25) is 9.59 Å². The number of hydrogen-bond donors (Lipinski definition) is 1. The summed E-state index contributed by atoms with van der Waals surface area (Å²) in [5.41, 5.74) is -0.754. The van der Waals surface area contributed by atoms with Gasteiger partial charge in [0.2, 0.25) is 11.8 Å². The Morgan fingerprint density at radius 2 is 1.85 bits per heavy atom. The molecule has 0 saturated carbocycles. The Morgan fingerprint density at radius 3 is 2.50 bits per heavy atom. The number of para-hydroxylation sites is 1. The molecule has 2 aromatic carbocycles. The largest absolute Gasteiger partial charge is 0.418 e. The molecule has 2 amide bonds. The maximum absolute atomic E-state index is 13.1. The molecule has 4 nitrogen and oxygen atoms in total. The zero-order chi connectivity index (χ0) is 18.9. The molecular formula is C18H14ClF3N2O2. The average Bonchev–Trinajstić information content (AvgIpc) is 2.98. The molecule has 1 unspecified atom stereocenters. The van der Waals surface area contributed by atoms with Gasteiger partial charge >= 0.3 is 6.18 Å². The van der Waals surface area contributed by atoms with Crippen LogP contribution >= 0.6 is 11.6 Å². The summed E-state index contributed by atoms with van der Waals surface area (Å²) in [5.74, 6) is -1.62. The van der Waals surface area contributed by atoms with Gasteiger partial charge < -0.3 is 10.2 Å². The van der Waals surface area contributed by atoms with Crippen molar-refractivity contribution in [3.8, 4) is 0 Å². The lowest BCUT2D eigenvalue weighted by molar-refractivity contribution is -0.137. The maximum atomic E-state index is 13.1. The number of hydrogen-bond acceptors (Lipinski definition) is 2. The zero-order valence-electron chi connectivity index (χ0n) is 13.4. The molecule has 0 aromatic heterocycles. The number of carbonyl (C=O) groups is 2. The third-order valence-corrected chi connectivity index (χ3v) is 4.34. The van der Waals surface area contributed by atoms with Crippen molar-refractivity contribution < 1.29 is 22.8 Å². The normalized spacial score (nSPS) is 17.5. The molecule has 136 valence electrons. The van der Waals surface area contributed by atoms with Crippen LogP contribution in [0.15, 0.2) is 48.5 Å². The molecule has 3 rings (SSSR count). The van der Waals surface area contributed by atoms with E-state index in [0.717, 1.165) is 12.1 Å². The first kappa shape index (κ1) is 18.3. The highest BCUT2D eigenvalue weighted by Crippen LogP contribution is 2.37. The second-order valence-electron chi connectivity index (χ2n) is 5.92. The van der Waals surface area contributed by atoms with E-state index >= 15 is 0 Å². The van der Waals surface area contributed by atoms with E-state index in [1.165, 1.54) is 11.0 Å². The van der Waals surface area contributed by atoms with Crippen molar-refractivity contribution in [3.05, 3.63) is 59.1 Å². The quantitative estimate of drug-likeness (QED) is 0.858. The summed E-state index contributed by atoms with van der Waals surface area (Å²) in [6.07, 6.45) is -4.72. The predicted octanol–water partition coefficient (Wildman–Crippen LogP) is 4.35. The van der Waals surface area contributed by atoms with E-state index in [1.807, 2.05) is 0 Å². The molecule has 1 fully saturated rings. The molecule has 1 aliphatic heterocycles. The van der Waals surface area contributed by atoms with Crippen LogP contribution in [0, 0.1) is 5.92 Å². The molecule has 1 N–H and O–H groups in total. The van der Waals surface area contributed by atoms with Crippen LogP contribution in [-0.2, 0) is 15.8 Å². The molecule has 1 saturated heterocycles. The monoisotopic (exact) mass is 382 g/mol. The molecular weight excluding hydrogens is 369 g/mol. The number of nitrogens with zero attached hydrogens (tertiary/aromatic N) is 1. The van der Waals surface area contributed by atoms with Gasteiger partial charge in [-0.1, -0.05) is 29.8 Å². The molecule has 0 bridgehead atoms. The minimum atomic E-state index is -4.66. The number of halogens is 4. The highest BCUT2D eigenvalue weighted by Gasteiger charge is 2.37. The van der Waals surface area contributed by atoms with Gasteiger partial charge in [-0.25, -0.2) is 0 Å². The molecule has 1 aliphatic rings. The summed E-state index contributed by atoms with van der Waals surface area (Å²) in [6.45, 7) is 0.115. The molecule has 0 spiro atoms. The second kappa shape index (κ2) is 6.99. The van der Waals surface area contributed by atoms with Crippen molar-refractivity contribution in [2.75, 3.05) is 16.8 Å². The molecule has 8 heteroatoms. The minimum Gasteiger partial charge on any atom is -0.325 e. The van der Waals surface area contributed by atoms with Gasteiger partial charge in [0.15, 0.2) is 0 Å². The van der Waals surface area contributed by atoms with E-state index in [-0.39, 0.29) is 29.6 Å². The maximum Gasteiger partial charge on any atom is 0.418 e. The lowest BCUT2D eigenvalue weighted by Gasteiger charge is -2.18. The smallest absolute Gasteiger partial charge is 0.325 e. The average molecular weight is 383 g/mol. The van der Waals surface area contributed by atoms with E-state index in [0.29, 0.717) is 5.69 Å². The number of amides is 2. The number of alkyl halides is 3. The Labute approximate surface area is 152 Å². The molecule has 1 heterocycles. The van der Waals surface area contributed by atoms with Crippen LogP contribution in [-0.4, -0.2) is 18.4 Å². The van der Waals surface area contributed by atoms with Crippen LogP contribution in [0.3, 0.4) is 0 Å². The summed E-state index contributed by atoms with van der Waals surface area (Å²) in [7, 11) is 0. The summed E-state index contributed by atoms with van der Waals surface area (Å²) in [4.78, 5) is 26.0. The van der Waals surface area contributed by atoms with Gasteiger partial charge in [0.25, 0.3) is 0 Å². The van der Waals surface area contributed by atoms with Crippen LogP contribution < -0.4 is 10.2 Å². The van der Waals surface area contributed by atoms with Crippen molar-refractivity contribution in [1.29, 1.82) is 0 Å². The van der Waals surface area contributed by atoms with Gasteiger partial charge in [0.05, 0.1) is 17.2 Å². The third kappa shape index (κ3) is 3.83. The fraction of sp³-hybridized carbons (Fsp3) is 0.222. The van der Waals surface area contributed by atoms with Crippen molar-refractivity contribution >= 4 is 34.8 Å². The molecule has 0 aliphatic carbocycles. The summed E-state index contributed by atoms with van der Waals surface area (Å²) >= 11 is 5.63. The predicted molar refractivity (Wildman–Crippen MR) is 92.0 cm³/mol. The summed E-state index contributed by atoms with van der Waals surface area (Å²) in [6, 6.07) is 11.9. The molecule has 26 heavy (non-hydrogen) atoms. The Kier molecular flexibility index (Phi) is 4.91. The number of benzene rings is 2. The fourth-order valence-electron chi connectivity index (χ4n) is 2.84. The van der Waals surface area contributed by atoms with Gasteiger partial charge in [-0.2, -0.15) is 13.2 Å². The lowest BCUT2D eigenvalue weighted by Crippen LogP contribution is -2.28. The van der Waals surface area contributed by atoms with Crippen molar-refractivity contribution in [1.82, 2.24) is 0 Å². The number of rotatable bonds is 3. The topological polar surface area (TPSA) is 49.4 Å². The van der Waals surface area contributed by atoms with Crippen LogP contribution in [0.25, 0.3) is 0 Å². The SMILES string of the molecule is O=C(Nc1ccc(Cl)cc1C(F)(F)F)C1CC(=O)N(c2ccccc2)C1. The van der Waals surface area contributed by atoms with Crippen molar-refractivity contribution in [2.24, 2.45) is 5.92 Å². The van der Waals surface area contributed by atoms with Crippen molar-refractivity contribution in [3.63, 3.8) is 0 Å². The standard InChI is InChI=1S/C18H14ClF3N2O2/c19-12-6-7-15(14(9-12)18(20,21)22)23-17(26)11-8-16(25)24(10-11)13-4-2-1-3-5-13/h1-7,9,11H,8,10H2,(H,23,26). The van der Waals surface area contributed by atoms with E-state index in [9.17, 15) is 22.8 Å². The minimum absolute atomic E-state index is 0.0599. The Hall–Kier alpha value is -2.54. The highest BCUT2D eigenvalue weighted by atomic mass is 35.5. The van der Waals surface area contributed by atoms with Gasteiger partial charge in [-0.05, 0) is 30.3 Å². The van der Waals surface area contributed by atoms with Crippen LogP contribution in [0.5, 0.6) is 0 Å². The van der Waals surface area contributed by atoms with E-state index in [2.05, 4.69) is 5.32 Å². The van der Waals surface area contributed by atoms with E-state index < -0.39 is 23.6 Å². The molecule has 2 aromatic rings. The lowest BCUT2D eigenvalue weighted by atomic mass is 10.1. The van der Waals surface area contributed by atoms with Gasteiger partial charge in [0.1, 0.15) is 0 Å². The van der Waals surface area contributed by atoms with Crippen LogP contribution in [0.2, 0.25) is 5.02 Å². The van der Waals surface area contributed by atoms with Gasteiger partial charge in [-0.15, -0.1) is 0 Å². The summed E-state index contributed by atoms with van der Waals surface area (Å²) in [5, 5.41) is 2.20. The number of anilines is 2. The summed E-state index contributed by atoms with van der Waals surface area (Å²) < 4.78 is 39.4. The highest BCUT2D eigenvalue weighted by molar-refractivity contribution is 6.30. The van der Waals surface area contributed by atoms with Crippen LogP contribution in [0.4, 0.5) is 24.5 Å². The Balaban J connectivity index is 1.77. The fourth-order valence-corrected chi connectivity index (χ4v) is 3.01. The first-order valence-corrected chi connectivity index (χ1v) is 8.16. The number of nitrogens with one attached hydrogen (secondary N) is 1. The zero-order valence-corrected chi connectivity index (χ0v) is 14.1. The first-order chi connectivity index (χ1) is 12.3. The third-order valence-electron chi connectivity index (χ3n) is 4.11. The second-order valence-corrected chi connectivity index (χ2v) is 6.35. The van der Waals surface area contributed by atoms with E-state index in [1.54, 1.807) is 30.3 Å². The Bertz CT molecular complexity index is 840. The van der Waals surface area contributed by atoms with Crippen LogP contribution in [0.1, 0.15) is 12.0 Å². The van der Waals surface area contributed by atoms with E-state index in [4.69, 9.17) is 11.6 Å². The Morgan fingerprint density at radius 1 is 1.15 bits per heavy atom. The first-order valence-electron chi connectivity index (χ1n) is 7.79. The van der Waals surface area contributed by atoms with Gasteiger partial charge in [0, 0.05) is 23.7 Å². The number of carbonyl (C=O) groups excluding carboxylic acids is 2. The van der Waals surface area contributed by atoms with Crippen molar-refractivity contribution in [2.45, 2.75) is 12.6 Å².